The summed E-state index contributed by atoms with van der Waals surface area (Å²) in [5.74, 6) is -0.440. The quantitative estimate of drug-likeness (QED) is 0.837. The second-order valence-corrected chi connectivity index (χ2v) is 7.21. The first-order valence-corrected chi connectivity index (χ1v) is 10.0. The maximum Gasteiger partial charge on any atom is 0.251 e. The largest absolute Gasteiger partial charge is 0.378 e. The van der Waals surface area contributed by atoms with Crippen LogP contribution in [0.3, 0.4) is 0 Å². The van der Waals surface area contributed by atoms with E-state index in [1.165, 1.54) is 6.07 Å². The maximum absolute atomic E-state index is 14.5. The van der Waals surface area contributed by atoms with E-state index in [4.69, 9.17) is 9.47 Å². The van der Waals surface area contributed by atoms with Crippen molar-refractivity contribution in [1.29, 1.82) is 0 Å². The molecule has 0 aromatic heterocycles. The van der Waals surface area contributed by atoms with Crippen LogP contribution in [-0.2, 0) is 16.0 Å². The van der Waals surface area contributed by atoms with E-state index in [0.717, 1.165) is 37.6 Å². The third-order valence-corrected chi connectivity index (χ3v) is 5.32. The summed E-state index contributed by atoms with van der Waals surface area (Å²) >= 11 is 0. The Morgan fingerprint density at radius 1 is 0.897 bits per heavy atom. The number of nitrogens with zero attached hydrogens (tertiary/aromatic N) is 2. The molecule has 29 heavy (non-hydrogen) atoms. The van der Waals surface area contributed by atoms with E-state index in [0.29, 0.717) is 37.6 Å². The van der Waals surface area contributed by atoms with Crippen LogP contribution in [0.15, 0.2) is 42.5 Å². The second-order valence-electron chi connectivity index (χ2n) is 7.21. The van der Waals surface area contributed by atoms with E-state index in [1.807, 2.05) is 35.2 Å². The lowest BCUT2D eigenvalue weighted by atomic mass is 10.1. The lowest BCUT2D eigenvalue weighted by Crippen LogP contribution is -2.36. The van der Waals surface area contributed by atoms with Gasteiger partial charge in [-0.2, -0.15) is 0 Å². The normalized spacial score (nSPS) is 17.3. The molecule has 0 saturated carbocycles. The second kappa shape index (κ2) is 9.24. The van der Waals surface area contributed by atoms with Crippen molar-refractivity contribution in [3.8, 4) is 0 Å². The molecule has 2 fully saturated rings. The third-order valence-electron chi connectivity index (χ3n) is 5.32. The lowest BCUT2D eigenvalue weighted by molar-refractivity contribution is 0.0950. The molecule has 154 valence electrons. The molecule has 4 rings (SSSR count). The molecular weight excluding hydrogens is 373 g/mol. The van der Waals surface area contributed by atoms with Crippen molar-refractivity contribution in [2.24, 2.45) is 0 Å². The number of hydrogen-bond donors (Lipinski definition) is 1. The van der Waals surface area contributed by atoms with Crippen LogP contribution in [0.2, 0.25) is 0 Å². The molecule has 0 atom stereocenters. The van der Waals surface area contributed by atoms with Crippen LogP contribution >= 0.6 is 0 Å². The van der Waals surface area contributed by atoms with Gasteiger partial charge in [-0.15, -0.1) is 0 Å². The van der Waals surface area contributed by atoms with Gasteiger partial charge >= 0.3 is 0 Å². The highest BCUT2D eigenvalue weighted by molar-refractivity contribution is 5.94. The number of morpholine rings is 2. The van der Waals surface area contributed by atoms with Crippen molar-refractivity contribution in [3.05, 3.63) is 59.4 Å². The van der Waals surface area contributed by atoms with E-state index >= 15 is 0 Å². The van der Waals surface area contributed by atoms with E-state index in [-0.39, 0.29) is 18.3 Å². The Bertz CT molecular complexity index is 832. The van der Waals surface area contributed by atoms with Gasteiger partial charge in [0, 0.05) is 44.0 Å². The van der Waals surface area contributed by atoms with E-state index in [9.17, 15) is 9.18 Å². The highest BCUT2D eigenvalue weighted by atomic mass is 19.1. The van der Waals surface area contributed by atoms with Gasteiger partial charge in [0.15, 0.2) is 0 Å². The van der Waals surface area contributed by atoms with Crippen LogP contribution in [0.1, 0.15) is 15.9 Å². The van der Waals surface area contributed by atoms with Crippen LogP contribution in [0.25, 0.3) is 0 Å². The van der Waals surface area contributed by atoms with Crippen molar-refractivity contribution in [3.63, 3.8) is 0 Å². The molecule has 2 heterocycles. The highest BCUT2D eigenvalue weighted by Gasteiger charge is 2.16. The van der Waals surface area contributed by atoms with Gasteiger partial charge < -0.3 is 24.6 Å². The number of hydrogen-bond acceptors (Lipinski definition) is 5. The van der Waals surface area contributed by atoms with E-state index in [1.54, 1.807) is 6.07 Å². The van der Waals surface area contributed by atoms with E-state index < -0.39 is 0 Å². The van der Waals surface area contributed by atoms with Gasteiger partial charge in [-0.1, -0.05) is 6.07 Å². The first kappa shape index (κ1) is 19.7. The number of rotatable bonds is 5. The van der Waals surface area contributed by atoms with Crippen molar-refractivity contribution >= 4 is 17.3 Å². The summed E-state index contributed by atoms with van der Waals surface area (Å²) in [6.07, 6.45) is 0. The highest BCUT2D eigenvalue weighted by Crippen LogP contribution is 2.22. The number of amides is 1. The molecule has 7 heteroatoms. The summed E-state index contributed by atoms with van der Waals surface area (Å²) in [7, 11) is 0. The molecule has 2 aliphatic heterocycles. The molecule has 0 aliphatic carbocycles. The average Bonchev–Trinajstić information content (AvgIpc) is 2.79. The monoisotopic (exact) mass is 399 g/mol. The lowest BCUT2D eigenvalue weighted by Gasteiger charge is -2.29. The van der Waals surface area contributed by atoms with Crippen LogP contribution in [0, 0.1) is 5.82 Å². The maximum atomic E-state index is 14.5. The molecule has 1 N–H and O–H groups in total. The van der Waals surface area contributed by atoms with Crippen LogP contribution in [-0.4, -0.2) is 58.5 Å². The minimum atomic E-state index is -0.270. The summed E-state index contributed by atoms with van der Waals surface area (Å²) in [5.41, 5.74) is 3.00. The molecule has 0 spiro atoms. The Labute approximate surface area is 170 Å². The molecule has 1 amide bonds. The molecule has 0 radical (unpaired) electrons. The SMILES string of the molecule is O=C(NCc1ccc(N2CCOCC2)c(F)c1)c1ccc(N2CCOCC2)cc1. The zero-order valence-corrected chi connectivity index (χ0v) is 16.4. The fourth-order valence-corrected chi connectivity index (χ4v) is 3.65. The standard InChI is InChI=1S/C22H26FN3O3/c23-20-15-17(1-6-21(20)26-9-13-29-14-10-26)16-24-22(27)18-2-4-19(5-3-18)25-7-11-28-12-8-25/h1-6,15H,7-14,16H2,(H,24,27). The summed E-state index contributed by atoms with van der Waals surface area (Å²) in [6, 6.07) is 12.7. The first-order chi connectivity index (χ1) is 14.2. The number of ether oxygens (including phenoxy) is 2. The smallest absolute Gasteiger partial charge is 0.251 e. The number of benzene rings is 2. The van der Waals surface area contributed by atoms with Gasteiger partial charge in [-0.25, -0.2) is 4.39 Å². The molecule has 2 saturated heterocycles. The zero-order valence-electron chi connectivity index (χ0n) is 16.4. The average molecular weight is 399 g/mol. The summed E-state index contributed by atoms with van der Waals surface area (Å²) < 4.78 is 25.2. The Kier molecular flexibility index (Phi) is 6.27. The molecule has 0 unspecified atom stereocenters. The van der Waals surface area contributed by atoms with Crippen LogP contribution < -0.4 is 15.1 Å². The van der Waals surface area contributed by atoms with Crippen molar-refractivity contribution in [2.45, 2.75) is 6.54 Å². The predicted molar refractivity (Wildman–Crippen MR) is 110 cm³/mol. The number of carbonyl (C=O) groups excluding carboxylic acids is 1. The number of anilines is 2. The molecule has 2 aromatic carbocycles. The van der Waals surface area contributed by atoms with Gasteiger partial charge in [0.2, 0.25) is 0 Å². The van der Waals surface area contributed by atoms with Gasteiger partial charge in [-0.3, -0.25) is 4.79 Å². The predicted octanol–water partition coefficient (Wildman–Crippen LogP) is 2.43. The van der Waals surface area contributed by atoms with Crippen LogP contribution in [0.4, 0.5) is 15.8 Å². The molecule has 2 aliphatic rings. The third kappa shape index (κ3) is 4.86. The number of halogens is 1. The Morgan fingerprint density at radius 3 is 2.14 bits per heavy atom. The minimum absolute atomic E-state index is 0.170. The van der Waals surface area contributed by atoms with Crippen LogP contribution in [0.5, 0.6) is 0 Å². The Balaban J connectivity index is 1.33. The molecular formula is C22H26FN3O3. The summed E-state index contributed by atoms with van der Waals surface area (Å²) in [6.45, 7) is 6.05. The Hall–Kier alpha value is -2.64. The topological polar surface area (TPSA) is 54.0 Å². The van der Waals surface area contributed by atoms with Crippen molar-refractivity contribution in [2.75, 3.05) is 62.4 Å². The van der Waals surface area contributed by atoms with E-state index in [2.05, 4.69) is 10.2 Å². The molecule has 6 nitrogen and oxygen atoms in total. The zero-order chi connectivity index (χ0) is 20.1. The number of nitrogens with one attached hydrogen (secondary N) is 1. The van der Waals surface area contributed by atoms with Crippen molar-refractivity contribution < 1.29 is 18.7 Å². The summed E-state index contributed by atoms with van der Waals surface area (Å²) in [4.78, 5) is 16.7. The minimum Gasteiger partial charge on any atom is -0.378 e. The first-order valence-electron chi connectivity index (χ1n) is 10.0. The Morgan fingerprint density at radius 2 is 1.52 bits per heavy atom. The van der Waals surface area contributed by atoms with Gasteiger partial charge in [-0.05, 0) is 42.0 Å². The van der Waals surface area contributed by atoms with Gasteiger partial charge in [0.05, 0.1) is 32.1 Å². The fourth-order valence-electron chi connectivity index (χ4n) is 3.65. The fraction of sp³-hybridized carbons (Fsp3) is 0.409. The summed E-state index contributed by atoms with van der Waals surface area (Å²) in [5, 5.41) is 2.87. The van der Waals surface area contributed by atoms with Crippen molar-refractivity contribution in [1.82, 2.24) is 5.32 Å². The number of carbonyl (C=O) groups is 1. The molecule has 0 bridgehead atoms. The van der Waals surface area contributed by atoms with Gasteiger partial charge in [0.1, 0.15) is 5.82 Å². The molecule has 2 aromatic rings. The van der Waals surface area contributed by atoms with Gasteiger partial charge in [0.25, 0.3) is 5.91 Å².